The third-order valence-electron chi connectivity index (χ3n) is 2.82. The quantitative estimate of drug-likeness (QED) is 0.733. The lowest BCUT2D eigenvalue weighted by Crippen LogP contribution is -2.47. The molecule has 2 N–H and O–H groups in total. The Bertz CT molecular complexity index is 316. The monoisotopic (exact) mass is 195 g/mol. The van der Waals surface area contributed by atoms with E-state index in [1.54, 1.807) is 0 Å². The number of nitrogens with two attached hydrogens (primary N) is 1. The lowest BCUT2D eigenvalue weighted by Gasteiger charge is -2.44. The zero-order valence-electron chi connectivity index (χ0n) is 7.76. The van der Waals surface area contributed by atoms with Gasteiger partial charge >= 0.3 is 0 Å². The maximum Gasteiger partial charge on any atom is 0.0415 e. The topological polar surface area (TPSA) is 26.0 Å². The summed E-state index contributed by atoms with van der Waals surface area (Å²) in [4.78, 5) is 0. The van der Waals surface area contributed by atoms with Crippen molar-refractivity contribution < 1.29 is 0 Å². The van der Waals surface area contributed by atoms with E-state index in [0.717, 1.165) is 23.8 Å². The average molecular weight is 196 g/mol. The molecular weight excluding hydrogens is 182 g/mol. The van der Waals surface area contributed by atoms with Gasteiger partial charge < -0.3 is 5.73 Å². The summed E-state index contributed by atoms with van der Waals surface area (Å²) in [6.07, 6.45) is 2.15. The van der Waals surface area contributed by atoms with Gasteiger partial charge in [0, 0.05) is 10.6 Å². The number of hydrogen-bond acceptors (Lipinski definition) is 1. The zero-order chi connectivity index (χ0) is 9.47. The van der Waals surface area contributed by atoms with Crippen LogP contribution in [0.25, 0.3) is 0 Å². The first kappa shape index (κ1) is 9.04. The second kappa shape index (κ2) is 3.00. The Morgan fingerprint density at radius 1 is 1.46 bits per heavy atom. The second-order valence-corrected chi connectivity index (χ2v) is 4.62. The molecule has 0 spiro atoms. The van der Waals surface area contributed by atoms with E-state index >= 15 is 0 Å². The summed E-state index contributed by atoms with van der Waals surface area (Å²) in [6.45, 7) is 2.23. The molecule has 0 aliphatic heterocycles. The van der Waals surface area contributed by atoms with Gasteiger partial charge in [-0.3, -0.25) is 0 Å². The summed E-state index contributed by atoms with van der Waals surface area (Å²) in [5.41, 5.74) is 7.30. The molecule has 70 valence electrons. The van der Waals surface area contributed by atoms with Gasteiger partial charge in [-0.1, -0.05) is 30.7 Å². The Morgan fingerprint density at radius 3 is 2.69 bits per heavy atom. The van der Waals surface area contributed by atoms with Crippen LogP contribution in [0.2, 0.25) is 5.02 Å². The molecule has 13 heavy (non-hydrogen) atoms. The molecule has 1 aromatic carbocycles. The van der Waals surface area contributed by atoms with E-state index < -0.39 is 0 Å². The number of rotatable bonds is 1. The summed E-state index contributed by atoms with van der Waals surface area (Å²) >= 11 is 5.91. The molecule has 1 nitrogen and oxygen atoms in total. The third-order valence-corrected chi connectivity index (χ3v) is 3.06. The molecule has 2 heteroatoms. The molecule has 1 fully saturated rings. The van der Waals surface area contributed by atoms with Gasteiger partial charge in [0.25, 0.3) is 0 Å². The van der Waals surface area contributed by atoms with Crippen molar-refractivity contribution in [1.82, 2.24) is 0 Å². The summed E-state index contributed by atoms with van der Waals surface area (Å²) in [6, 6.07) is 7.90. The van der Waals surface area contributed by atoms with Crippen LogP contribution in [0.4, 0.5) is 0 Å². The van der Waals surface area contributed by atoms with Crippen LogP contribution in [0.5, 0.6) is 0 Å². The molecule has 2 rings (SSSR count). The fourth-order valence-corrected chi connectivity index (χ4v) is 2.41. The molecule has 0 radical (unpaired) electrons. The fraction of sp³-hybridized carbons (Fsp3) is 0.455. The standard InChI is InChI=1S/C11H14ClN/c1-8-6-11(13,7-8)9-3-2-4-10(12)5-9/h2-5,8H,6-7,13H2,1H3. The van der Waals surface area contributed by atoms with Crippen LogP contribution in [-0.4, -0.2) is 0 Å². The van der Waals surface area contributed by atoms with Gasteiger partial charge in [-0.05, 0) is 36.5 Å². The molecule has 0 bridgehead atoms. The van der Waals surface area contributed by atoms with Gasteiger partial charge in [0.1, 0.15) is 0 Å². The highest BCUT2D eigenvalue weighted by atomic mass is 35.5. The molecule has 0 heterocycles. The maximum atomic E-state index is 6.22. The Hall–Kier alpha value is -0.530. The molecule has 1 aliphatic rings. The van der Waals surface area contributed by atoms with Crippen LogP contribution >= 0.6 is 11.6 Å². The Kier molecular flexibility index (Phi) is 2.09. The molecule has 0 aromatic heterocycles. The molecule has 0 atom stereocenters. The van der Waals surface area contributed by atoms with Crippen LogP contribution in [-0.2, 0) is 5.54 Å². The first-order chi connectivity index (χ1) is 6.10. The Labute approximate surface area is 83.9 Å². The van der Waals surface area contributed by atoms with Crippen molar-refractivity contribution >= 4 is 11.6 Å². The normalized spacial score (nSPS) is 32.7. The average Bonchev–Trinajstić information content (AvgIpc) is 2.02. The molecule has 0 unspecified atom stereocenters. The van der Waals surface area contributed by atoms with Crippen molar-refractivity contribution in [3.63, 3.8) is 0 Å². The zero-order valence-corrected chi connectivity index (χ0v) is 8.51. The SMILES string of the molecule is CC1CC(N)(c2cccc(Cl)c2)C1. The Morgan fingerprint density at radius 2 is 2.15 bits per heavy atom. The van der Waals surface area contributed by atoms with E-state index in [1.807, 2.05) is 18.2 Å². The highest BCUT2D eigenvalue weighted by Gasteiger charge is 2.39. The van der Waals surface area contributed by atoms with Crippen molar-refractivity contribution in [1.29, 1.82) is 0 Å². The van der Waals surface area contributed by atoms with E-state index in [2.05, 4.69) is 13.0 Å². The number of benzene rings is 1. The molecule has 0 saturated heterocycles. The second-order valence-electron chi connectivity index (χ2n) is 4.18. The van der Waals surface area contributed by atoms with Gasteiger partial charge in [0.15, 0.2) is 0 Å². The van der Waals surface area contributed by atoms with Gasteiger partial charge in [-0.15, -0.1) is 0 Å². The van der Waals surface area contributed by atoms with Crippen molar-refractivity contribution in [3.8, 4) is 0 Å². The lowest BCUT2D eigenvalue weighted by atomic mass is 9.66. The van der Waals surface area contributed by atoms with Gasteiger partial charge in [-0.25, -0.2) is 0 Å². The Balaban J connectivity index is 2.26. The van der Waals surface area contributed by atoms with E-state index in [1.165, 1.54) is 5.56 Å². The summed E-state index contributed by atoms with van der Waals surface area (Å²) < 4.78 is 0. The van der Waals surface area contributed by atoms with Crippen LogP contribution in [0.1, 0.15) is 25.3 Å². The van der Waals surface area contributed by atoms with E-state index in [0.29, 0.717) is 0 Å². The summed E-state index contributed by atoms with van der Waals surface area (Å²) in [5.74, 6) is 0.754. The molecule has 1 saturated carbocycles. The molecule has 1 aliphatic carbocycles. The van der Waals surface area contributed by atoms with Crippen molar-refractivity contribution in [2.24, 2.45) is 11.7 Å². The summed E-state index contributed by atoms with van der Waals surface area (Å²) in [7, 11) is 0. The number of hydrogen-bond donors (Lipinski definition) is 1. The molecular formula is C11H14ClN. The third kappa shape index (κ3) is 1.59. The minimum Gasteiger partial charge on any atom is -0.321 e. The molecule has 1 aromatic rings. The first-order valence-electron chi connectivity index (χ1n) is 4.65. The van der Waals surface area contributed by atoms with Crippen LogP contribution in [0.15, 0.2) is 24.3 Å². The van der Waals surface area contributed by atoms with Gasteiger partial charge in [-0.2, -0.15) is 0 Å². The van der Waals surface area contributed by atoms with Crippen LogP contribution in [0.3, 0.4) is 0 Å². The molecule has 0 amide bonds. The highest BCUT2D eigenvalue weighted by Crippen LogP contribution is 2.43. The minimum absolute atomic E-state index is 0.107. The first-order valence-corrected chi connectivity index (χ1v) is 5.03. The van der Waals surface area contributed by atoms with E-state index in [-0.39, 0.29) is 5.54 Å². The van der Waals surface area contributed by atoms with Crippen molar-refractivity contribution in [2.75, 3.05) is 0 Å². The predicted molar refractivity (Wildman–Crippen MR) is 55.7 cm³/mol. The predicted octanol–water partition coefficient (Wildman–Crippen LogP) is 2.92. The maximum absolute atomic E-state index is 6.22. The van der Waals surface area contributed by atoms with E-state index in [9.17, 15) is 0 Å². The van der Waals surface area contributed by atoms with E-state index in [4.69, 9.17) is 17.3 Å². The number of halogens is 1. The van der Waals surface area contributed by atoms with Crippen molar-refractivity contribution in [3.05, 3.63) is 34.9 Å². The largest absolute Gasteiger partial charge is 0.321 e. The van der Waals surface area contributed by atoms with Gasteiger partial charge in [0.05, 0.1) is 0 Å². The smallest absolute Gasteiger partial charge is 0.0415 e. The van der Waals surface area contributed by atoms with Crippen LogP contribution < -0.4 is 5.73 Å². The van der Waals surface area contributed by atoms with Gasteiger partial charge in [0.2, 0.25) is 0 Å². The lowest BCUT2D eigenvalue weighted by molar-refractivity contribution is 0.164. The van der Waals surface area contributed by atoms with Crippen LogP contribution in [0, 0.1) is 5.92 Å². The summed E-state index contributed by atoms with van der Waals surface area (Å²) in [5, 5.41) is 0.780. The fourth-order valence-electron chi connectivity index (χ4n) is 2.22. The minimum atomic E-state index is -0.107. The van der Waals surface area contributed by atoms with Crippen molar-refractivity contribution in [2.45, 2.75) is 25.3 Å². The highest BCUT2D eigenvalue weighted by molar-refractivity contribution is 6.30.